The summed E-state index contributed by atoms with van der Waals surface area (Å²) in [6, 6.07) is 5.21. The average molecular weight is 236 g/mol. The molecule has 0 fully saturated rings. The van der Waals surface area contributed by atoms with Crippen LogP contribution in [-0.4, -0.2) is 22.9 Å². The van der Waals surface area contributed by atoms with Gasteiger partial charge < -0.3 is 10.2 Å². The van der Waals surface area contributed by atoms with Crippen LogP contribution < -0.4 is 0 Å². The Labute approximate surface area is 96.2 Å². The van der Waals surface area contributed by atoms with Crippen molar-refractivity contribution in [1.29, 1.82) is 5.26 Å². The van der Waals surface area contributed by atoms with E-state index >= 15 is 0 Å². The van der Waals surface area contributed by atoms with Crippen molar-refractivity contribution in [3.05, 3.63) is 45.6 Å². The molecule has 88 valence electrons. The normalized spacial score (nSPS) is 13.3. The first-order chi connectivity index (χ1) is 8.10. The van der Waals surface area contributed by atoms with Crippen LogP contribution in [-0.2, 0) is 0 Å². The molecule has 0 aromatic heterocycles. The van der Waals surface area contributed by atoms with E-state index in [0.717, 1.165) is 12.1 Å². The molecular weight excluding hydrogens is 227 g/mol. The second kappa shape index (κ2) is 5.82. The molecule has 0 heterocycles. The largest absolute Gasteiger partial charge is 0.390 e. The molecule has 0 amide bonds. The van der Waals surface area contributed by atoms with Gasteiger partial charge in [-0.25, -0.2) is 4.39 Å². The van der Waals surface area contributed by atoms with Gasteiger partial charge in [0.15, 0.2) is 0 Å². The van der Waals surface area contributed by atoms with Crippen LogP contribution >= 0.6 is 0 Å². The highest BCUT2D eigenvalue weighted by molar-refractivity contribution is 5.35. The molecule has 7 heteroatoms. The average Bonchev–Trinajstić information content (AvgIpc) is 2.35. The molecule has 0 saturated carbocycles. The second-order valence-electron chi connectivity index (χ2n) is 3.27. The number of hydrogen-bond donors (Lipinski definition) is 2. The summed E-state index contributed by atoms with van der Waals surface area (Å²) in [5.41, 5.74) is 8.01. The van der Waals surface area contributed by atoms with Crippen molar-refractivity contribution >= 4 is 0 Å². The van der Waals surface area contributed by atoms with Crippen molar-refractivity contribution in [2.24, 2.45) is 5.11 Å². The zero-order chi connectivity index (χ0) is 12.8. The second-order valence-corrected chi connectivity index (χ2v) is 3.27. The fourth-order valence-corrected chi connectivity index (χ4v) is 1.27. The Kier molecular flexibility index (Phi) is 4.43. The van der Waals surface area contributed by atoms with Gasteiger partial charge in [0.05, 0.1) is 24.3 Å². The third-order valence-electron chi connectivity index (χ3n) is 2.14. The van der Waals surface area contributed by atoms with E-state index < -0.39 is 18.0 Å². The minimum Gasteiger partial charge on any atom is -0.390 e. The van der Waals surface area contributed by atoms with E-state index in [2.05, 4.69) is 10.0 Å². The Balaban J connectivity index is 2.98. The minimum atomic E-state index is -1.55. The first-order valence-electron chi connectivity index (χ1n) is 4.66. The summed E-state index contributed by atoms with van der Waals surface area (Å²) in [7, 11) is 0. The van der Waals surface area contributed by atoms with Gasteiger partial charge in [0.25, 0.3) is 0 Å². The Bertz CT molecular complexity index is 494. The van der Waals surface area contributed by atoms with Crippen molar-refractivity contribution in [1.82, 2.24) is 0 Å². The lowest BCUT2D eigenvalue weighted by Gasteiger charge is -2.16. The molecule has 1 rings (SSSR count). The Morgan fingerprint density at radius 3 is 2.82 bits per heavy atom. The SMILES string of the molecule is N#Cc1ccc(F)c(C(O)C(O)CN=[N+]=[N-])c1. The lowest BCUT2D eigenvalue weighted by molar-refractivity contribution is 0.0222. The summed E-state index contributed by atoms with van der Waals surface area (Å²) in [5.74, 6) is -0.739. The summed E-state index contributed by atoms with van der Waals surface area (Å²) in [6.07, 6.45) is -2.97. The van der Waals surface area contributed by atoms with Crippen LogP contribution in [0.5, 0.6) is 0 Å². The van der Waals surface area contributed by atoms with Gasteiger partial charge in [-0.15, -0.1) is 0 Å². The van der Waals surface area contributed by atoms with Crippen LogP contribution in [0.15, 0.2) is 23.3 Å². The molecule has 0 aliphatic rings. The molecule has 0 radical (unpaired) electrons. The predicted octanol–water partition coefficient (Wildman–Crippen LogP) is 1.40. The third-order valence-corrected chi connectivity index (χ3v) is 2.14. The van der Waals surface area contributed by atoms with Crippen molar-refractivity contribution < 1.29 is 14.6 Å². The number of halogens is 1. The summed E-state index contributed by atoms with van der Waals surface area (Å²) >= 11 is 0. The fraction of sp³-hybridized carbons (Fsp3) is 0.300. The van der Waals surface area contributed by atoms with Crippen LogP contribution in [0.4, 0.5) is 4.39 Å². The van der Waals surface area contributed by atoms with Gasteiger partial charge in [0.2, 0.25) is 0 Å². The predicted molar refractivity (Wildman–Crippen MR) is 56.1 cm³/mol. The molecule has 2 atom stereocenters. The molecule has 0 aliphatic heterocycles. The Hall–Kier alpha value is -2.13. The number of aliphatic hydroxyl groups is 2. The van der Waals surface area contributed by atoms with Crippen molar-refractivity contribution in [3.8, 4) is 6.07 Å². The topological polar surface area (TPSA) is 113 Å². The van der Waals surface area contributed by atoms with Crippen LogP contribution in [0.3, 0.4) is 0 Å². The number of aliphatic hydroxyl groups excluding tert-OH is 2. The summed E-state index contributed by atoms with van der Waals surface area (Å²) in [6.45, 7) is -0.381. The molecule has 2 N–H and O–H groups in total. The van der Waals surface area contributed by atoms with Gasteiger partial charge in [0.1, 0.15) is 11.9 Å². The van der Waals surface area contributed by atoms with E-state index in [4.69, 9.17) is 10.8 Å². The Morgan fingerprint density at radius 2 is 2.24 bits per heavy atom. The van der Waals surface area contributed by atoms with Crippen LogP contribution in [0.1, 0.15) is 17.2 Å². The van der Waals surface area contributed by atoms with Crippen LogP contribution in [0.25, 0.3) is 10.4 Å². The molecule has 1 aromatic carbocycles. The first-order valence-corrected chi connectivity index (χ1v) is 4.66. The van der Waals surface area contributed by atoms with Gasteiger partial charge >= 0.3 is 0 Å². The smallest absolute Gasteiger partial charge is 0.129 e. The van der Waals surface area contributed by atoms with Gasteiger partial charge in [-0.1, -0.05) is 5.11 Å². The lowest BCUT2D eigenvalue weighted by Crippen LogP contribution is -2.22. The van der Waals surface area contributed by atoms with E-state index in [0.29, 0.717) is 0 Å². The number of hydrogen-bond acceptors (Lipinski definition) is 4. The molecule has 1 aromatic rings. The van der Waals surface area contributed by atoms with Gasteiger partial charge in [-0.05, 0) is 23.7 Å². The highest BCUT2D eigenvalue weighted by atomic mass is 19.1. The molecule has 17 heavy (non-hydrogen) atoms. The van der Waals surface area contributed by atoms with E-state index in [1.165, 1.54) is 6.07 Å². The number of azide groups is 1. The van der Waals surface area contributed by atoms with E-state index in [-0.39, 0.29) is 17.7 Å². The molecule has 0 aliphatic carbocycles. The molecule has 0 bridgehead atoms. The summed E-state index contributed by atoms with van der Waals surface area (Å²) in [5, 5.41) is 30.8. The standard InChI is InChI=1S/C10H9FN4O2/c11-8-2-1-6(4-12)3-7(8)10(17)9(16)5-14-15-13/h1-3,9-10,16-17H,5H2. The molecule has 0 spiro atoms. The Morgan fingerprint density at radius 1 is 1.53 bits per heavy atom. The lowest BCUT2D eigenvalue weighted by atomic mass is 10.0. The molecular formula is C10H9FN4O2. The van der Waals surface area contributed by atoms with Gasteiger partial charge in [-0.2, -0.15) is 5.26 Å². The first kappa shape index (κ1) is 12.9. The van der Waals surface area contributed by atoms with Gasteiger partial charge in [-0.3, -0.25) is 0 Å². The zero-order valence-corrected chi connectivity index (χ0v) is 8.66. The quantitative estimate of drug-likeness (QED) is 0.467. The van der Waals surface area contributed by atoms with Crippen LogP contribution in [0.2, 0.25) is 0 Å². The number of nitrogens with zero attached hydrogens (tertiary/aromatic N) is 4. The van der Waals surface area contributed by atoms with Crippen LogP contribution in [0, 0.1) is 17.1 Å². The number of rotatable bonds is 4. The molecule has 0 saturated heterocycles. The summed E-state index contributed by atoms with van der Waals surface area (Å²) < 4.78 is 13.4. The highest BCUT2D eigenvalue weighted by Crippen LogP contribution is 2.21. The third kappa shape index (κ3) is 3.16. The number of nitriles is 1. The van der Waals surface area contributed by atoms with Crippen molar-refractivity contribution in [2.75, 3.05) is 6.54 Å². The van der Waals surface area contributed by atoms with Crippen molar-refractivity contribution in [3.63, 3.8) is 0 Å². The summed E-state index contributed by atoms with van der Waals surface area (Å²) in [4.78, 5) is 2.42. The van der Waals surface area contributed by atoms with E-state index in [9.17, 15) is 14.6 Å². The number of benzene rings is 1. The minimum absolute atomic E-state index is 0.163. The molecule has 6 nitrogen and oxygen atoms in total. The monoisotopic (exact) mass is 236 g/mol. The van der Waals surface area contributed by atoms with E-state index in [1.807, 2.05) is 0 Å². The maximum absolute atomic E-state index is 13.4. The van der Waals surface area contributed by atoms with Gasteiger partial charge in [0, 0.05) is 10.5 Å². The maximum Gasteiger partial charge on any atom is 0.129 e. The van der Waals surface area contributed by atoms with Crippen molar-refractivity contribution in [2.45, 2.75) is 12.2 Å². The zero-order valence-electron chi connectivity index (χ0n) is 8.66. The fourth-order valence-electron chi connectivity index (χ4n) is 1.27. The van der Waals surface area contributed by atoms with E-state index in [1.54, 1.807) is 6.07 Å². The maximum atomic E-state index is 13.4. The molecule has 2 unspecified atom stereocenters. The highest BCUT2D eigenvalue weighted by Gasteiger charge is 2.21.